The van der Waals surface area contributed by atoms with E-state index in [4.69, 9.17) is 5.73 Å². The van der Waals surface area contributed by atoms with E-state index in [-0.39, 0.29) is 11.9 Å². The van der Waals surface area contributed by atoms with Gasteiger partial charge in [0.25, 0.3) is 0 Å². The maximum atomic E-state index is 11.3. The Bertz CT molecular complexity index is 330. The lowest BCUT2D eigenvalue weighted by atomic mass is 10.1. The number of hydrogen-bond acceptors (Lipinski definition) is 2. The maximum absolute atomic E-state index is 11.3. The van der Waals surface area contributed by atoms with E-state index in [1.807, 2.05) is 6.92 Å². The molecular weight excluding hydrogens is 200 g/mol. The molecule has 0 saturated heterocycles. The molecule has 1 aromatic rings. The van der Waals surface area contributed by atoms with Crippen LogP contribution in [-0.2, 0) is 11.2 Å². The van der Waals surface area contributed by atoms with Gasteiger partial charge in [0, 0.05) is 19.0 Å². The molecule has 3 nitrogen and oxygen atoms in total. The minimum atomic E-state index is -0.0700. The minimum absolute atomic E-state index is 0.0297. The second-order valence-electron chi connectivity index (χ2n) is 4.27. The van der Waals surface area contributed by atoms with Crippen LogP contribution in [0.15, 0.2) is 24.3 Å². The summed E-state index contributed by atoms with van der Waals surface area (Å²) in [5.41, 5.74) is 8.03. The highest BCUT2D eigenvalue weighted by Crippen LogP contribution is 2.03. The zero-order chi connectivity index (χ0) is 12.0. The van der Waals surface area contributed by atoms with Gasteiger partial charge in [-0.05, 0) is 25.8 Å². The highest BCUT2D eigenvalue weighted by atomic mass is 16.1. The van der Waals surface area contributed by atoms with Gasteiger partial charge in [-0.3, -0.25) is 4.79 Å². The third-order valence-corrected chi connectivity index (χ3v) is 2.36. The van der Waals surface area contributed by atoms with Gasteiger partial charge >= 0.3 is 0 Å². The number of rotatable bonds is 5. The smallest absolute Gasteiger partial charge is 0.221 e. The third-order valence-electron chi connectivity index (χ3n) is 2.36. The molecular formula is C13H20N2O. The Morgan fingerprint density at radius 3 is 2.56 bits per heavy atom. The van der Waals surface area contributed by atoms with Gasteiger partial charge in [0.15, 0.2) is 0 Å². The number of nitrogens with one attached hydrogen (secondary N) is 1. The van der Waals surface area contributed by atoms with Crippen LogP contribution in [0, 0.1) is 6.92 Å². The molecule has 1 rings (SSSR count). The first-order valence-corrected chi connectivity index (χ1v) is 5.66. The van der Waals surface area contributed by atoms with Crippen molar-refractivity contribution < 1.29 is 4.79 Å². The highest BCUT2D eigenvalue weighted by molar-refractivity contribution is 5.76. The first kappa shape index (κ1) is 12.7. The van der Waals surface area contributed by atoms with E-state index in [9.17, 15) is 4.79 Å². The van der Waals surface area contributed by atoms with E-state index in [2.05, 4.69) is 36.5 Å². The van der Waals surface area contributed by atoms with E-state index in [1.54, 1.807) is 0 Å². The second-order valence-corrected chi connectivity index (χ2v) is 4.27. The quantitative estimate of drug-likeness (QED) is 0.788. The van der Waals surface area contributed by atoms with Gasteiger partial charge in [-0.1, -0.05) is 29.8 Å². The van der Waals surface area contributed by atoms with Crippen LogP contribution in [0.25, 0.3) is 0 Å². The lowest BCUT2D eigenvalue weighted by molar-refractivity contribution is -0.121. The average Bonchev–Trinajstić information content (AvgIpc) is 2.20. The highest BCUT2D eigenvalue weighted by Gasteiger charge is 2.03. The molecule has 16 heavy (non-hydrogen) atoms. The second kappa shape index (κ2) is 6.28. The van der Waals surface area contributed by atoms with Crippen molar-refractivity contribution >= 4 is 5.91 Å². The maximum Gasteiger partial charge on any atom is 0.221 e. The van der Waals surface area contributed by atoms with E-state index in [1.165, 1.54) is 11.1 Å². The van der Waals surface area contributed by atoms with E-state index >= 15 is 0 Å². The van der Waals surface area contributed by atoms with Gasteiger partial charge in [-0.15, -0.1) is 0 Å². The molecule has 0 aliphatic rings. The van der Waals surface area contributed by atoms with Gasteiger partial charge < -0.3 is 11.1 Å². The van der Waals surface area contributed by atoms with Gasteiger partial charge in [0.2, 0.25) is 5.91 Å². The van der Waals surface area contributed by atoms with Crippen LogP contribution < -0.4 is 11.1 Å². The van der Waals surface area contributed by atoms with Gasteiger partial charge in [0.1, 0.15) is 0 Å². The fourth-order valence-electron chi connectivity index (χ4n) is 1.47. The summed E-state index contributed by atoms with van der Waals surface area (Å²) in [6.07, 6.45) is 1.26. The summed E-state index contributed by atoms with van der Waals surface area (Å²) in [6, 6.07) is 8.28. The van der Waals surface area contributed by atoms with Crippen molar-refractivity contribution in [3.05, 3.63) is 35.4 Å². The molecule has 0 fully saturated rings. The summed E-state index contributed by atoms with van der Waals surface area (Å²) in [5, 5.41) is 2.86. The Labute approximate surface area is 97.0 Å². The Morgan fingerprint density at radius 1 is 1.38 bits per heavy atom. The Balaban J connectivity index is 2.25. The molecule has 88 valence electrons. The summed E-state index contributed by atoms with van der Waals surface area (Å²) in [5.74, 6) is 0.0297. The normalized spacial score (nSPS) is 12.2. The number of amides is 1. The average molecular weight is 220 g/mol. The first-order valence-electron chi connectivity index (χ1n) is 5.66. The monoisotopic (exact) mass is 220 g/mol. The first-order chi connectivity index (χ1) is 7.58. The number of carbonyl (C=O) groups excluding carboxylic acids is 1. The lowest BCUT2D eigenvalue weighted by Crippen LogP contribution is -2.31. The van der Waals surface area contributed by atoms with E-state index in [0.29, 0.717) is 13.0 Å². The zero-order valence-electron chi connectivity index (χ0n) is 9.99. The van der Waals surface area contributed by atoms with Crippen LogP contribution in [0.5, 0.6) is 0 Å². The number of hydrogen-bond donors (Lipinski definition) is 2. The van der Waals surface area contributed by atoms with E-state index in [0.717, 1.165) is 6.42 Å². The largest absolute Gasteiger partial charge is 0.356 e. The van der Waals surface area contributed by atoms with Crippen molar-refractivity contribution in [3.63, 3.8) is 0 Å². The molecule has 0 bridgehead atoms. The molecule has 1 unspecified atom stereocenters. The van der Waals surface area contributed by atoms with Crippen LogP contribution in [0.1, 0.15) is 24.5 Å². The number of benzene rings is 1. The molecule has 0 saturated carbocycles. The SMILES string of the molecule is Cc1ccc(CCNC(=O)CC(C)N)cc1. The van der Waals surface area contributed by atoms with Crippen LogP contribution >= 0.6 is 0 Å². The van der Waals surface area contributed by atoms with Crippen LogP contribution in [-0.4, -0.2) is 18.5 Å². The molecule has 1 aromatic carbocycles. The van der Waals surface area contributed by atoms with Crippen molar-refractivity contribution in [2.24, 2.45) is 5.73 Å². The van der Waals surface area contributed by atoms with Gasteiger partial charge in [-0.25, -0.2) is 0 Å². The topological polar surface area (TPSA) is 55.1 Å². The van der Waals surface area contributed by atoms with Crippen molar-refractivity contribution in [2.75, 3.05) is 6.54 Å². The minimum Gasteiger partial charge on any atom is -0.356 e. The van der Waals surface area contributed by atoms with E-state index < -0.39 is 0 Å². The van der Waals surface area contributed by atoms with Crippen molar-refractivity contribution in [2.45, 2.75) is 32.7 Å². The molecule has 3 N–H and O–H groups in total. The third kappa shape index (κ3) is 4.94. The Kier molecular flexibility index (Phi) is 4.99. The summed E-state index contributed by atoms with van der Waals surface area (Å²) in [6.45, 7) is 4.57. The molecule has 0 heterocycles. The molecule has 1 amide bonds. The molecule has 1 atom stereocenters. The number of carbonyl (C=O) groups is 1. The molecule has 3 heteroatoms. The number of aryl methyl sites for hydroxylation is 1. The summed E-state index contributed by atoms with van der Waals surface area (Å²) in [7, 11) is 0. The number of nitrogens with two attached hydrogens (primary N) is 1. The van der Waals surface area contributed by atoms with Crippen LogP contribution in [0.3, 0.4) is 0 Å². The molecule has 0 spiro atoms. The predicted octanol–water partition coefficient (Wildman–Crippen LogP) is 1.39. The molecule has 0 aromatic heterocycles. The Morgan fingerprint density at radius 2 is 2.00 bits per heavy atom. The molecule has 0 radical (unpaired) electrons. The summed E-state index contributed by atoms with van der Waals surface area (Å²) >= 11 is 0. The molecule has 0 aliphatic carbocycles. The fraction of sp³-hybridized carbons (Fsp3) is 0.462. The van der Waals surface area contributed by atoms with Crippen LogP contribution in [0.2, 0.25) is 0 Å². The van der Waals surface area contributed by atoms with Gasteiger partial charge in [0.05, 0.1) is 0 Å². The Hall–Kier alpha value is -1.35. The standard InChI is InChI=1S/C13H20N2O/c1-10-3-5-12(6-4-10)7-8-15-13(16)9-11(2)14/h3-6,11H,7-9,14H2,1-2H3,(H,15,16). The van der Waals surface area contributed by atoms with Crippen molar-refractivity contribution in [1.82, 2.24) is 5.32 Å². The summed E-state index contributed by atoms with van der Waals surface area (Å²) in [4.78, 5) is 11.3. The predicted molar refractivity (Wildman–Crippen MR) is 66.2 cm³/mol. The van der Waals surface area contributed by atoms with Crippen molar-refractivity contribution in [3.8, 4) is 0 Å². The zero-order valence-corrected chi connectivity index (χ0v) is 9.99. The lowest BCUT2D eigenvalue weighted by Gasteiger charge is -2.07. The van der Waals surface area contributed by atoms with Crippen molar-refractivity contribution in [1.29, 1.82) is 0 Å². The van der Waals surface area contributed by atoms with Crippen LogP contribution in [0.4, 0.5) is 0 Å². The summed E-state index contributed by atoms with van der Waals surface area (Å²) < 4.78 is 0. The fourth-order valence-corrected chi connectivity index (χ4v) is 1.47. The molecule has 0 aliphatic heterocycles. The van der Waals surface area contributed by atoms with Gasteiger partial charge in [-0.2, -0.15) is 0 Å².